The monoisotopic (exact) mass is 457 g/mol. The zero-order valence-corrected chi connectivity index (χ0v) is 18.6. The van der Waals surface area contributed by atoms with Gasteiger partial charge < -0.3 is 21.1 Å². The number of alkyl halides is 3. The van der Waals surface area contributed by atoms with E-state index < -0.39 is 18.2 Å². The van der Waals surface area contributed by atoms with E-state index in [-0.39, 0.29) is 23.3 Å². The second kappa shape index (κ2) is 11.1. The minimum absolute atomic E-state index is 0.0173. The molecule has 0 aliphatic carbocycles. The summed E-state index contributed by atoms with van der Waals surface area (Å²) in [5.41, 5.74) is 7.83. The first-order chi connectivity index (χ1) is 14.6. The highest BCUT2D eigenvalue weighted by Gasteiger charge is 2.38. The van der Waals surface area contributed by atoms with Crippen molar-refractivity contribution in [3.05, 3.63) is 42.0 Å². The topological polar surface area (TPSA) is 113 Å². The zero-order chi connectivity index (χ0) is 24.7. The number of carbonyl (C=O) groups is 3. The average Bonchev–Trinajstić information content (AvgIpc) is 3.08. The van der Waals surface area contributed by atoms with Crippen molar-refractivity contribution in [2.24, 2.45) is 11.1 Å². The Labute approximate surface area is 185 Å². The Bertz CT molecular complexity index is 846. The van der Waals surface area contributed by atoms with Crippen molar-refractivity contribution < 1.29 is 32.7 Å². The summed E-state index contributed by atoms with van der Waals surface area (Å²) >= 11 is 0. The predicted molar refractivity (Wildman–Crippen MR) is 115 cm³/mol. The number of hydrogen-bond donors (Lipinski definition) is 3. The maximum absolute atomic E-state index is 12.6. The Morgan fingerprint density at radius 2 is 1.78 bits per heavy atom. The van der Waals surface area contributed by atoms with Gasteiger partial charge in [-0.3, -0.25) is 9.59 Å². The lowest BCUT2D eigenvalue weighted by Crippen LogP contribution is -2.44. The lowest BCUT2D eigenvalue weighted by atomic mass is 9.88. The third kappa shape index (κ3) is 9.09. The van der Waals surface area contributed by atoms with Gasteiger partial charge in [0.2, 0.25) is 5.91 Å². The van der Waals surface area contributed by atoms with Crippen LogP contribution in [0.1, 0.15) is 39.7 Å². The van der Waals surface area contributed by atoms with Crippen molar-refractivity contribution >= 4 is 23.5 Å². The van der Waals surface area contributed by atoms with Gasteiger partial charge in [0.25, 0.3) is 5.91 Å². The van der Waals surface area contributed by atoms with Crippen LogP contribution < -0.4 is 16.0 Å². The summed E-state index contributed by atoms with van der Waals surface area (Å²) in [7, 11) is 0. The van der Waals surface area contributed by atoms with Crippen molar-refractivity contribution in [3.63, 3.8) is 0 Å². The number of rotatable bonds is 5. The molecule has 2 rings (SSSR count). The molecule has 1 aromatic carbocycles. The first kappa shape index (κ1) is 27.2. The number of nitrogens with two attached hydrogens (primary N) is 1. The molecular weight excluding hydrogens is 427 g/mol. The van der Waals surface area contributed by atoms with Crippen molar-refractivity contribution in [2.75, 3.05) is 11.4 Å². The van der Waals surface area contributed by atoms with Crippen LogP contribution in [0.4, 0.5) is 18.9 Å². The molecule has 0 saturated carbocycles. The predicted octanol–water partition coefficient (Wildman–Crippen LogP) is 3.03. The maximum Gasteiger partial charge on any atom is 0.490 e. The van der Waals surface area contributed by atoms with Crippen LogP contribution in [0.15, 0.2) is 36.4 Å². The van der Waals surface area contributed by atoms with Crippen LogP contribution in [0.3, 0.4) is 0 Å². The number of hydrogen-bond acceptors (Lipinski definition) is 4. The number of fused-ring (bicyclic) bond motifs is 1. The van der Waals surface area contributed by atoms with Crippen LogP contribution in [0.2, 0.25) is 0 Å². The number of nitrogens with one attached hydrogen (secondary N) is 1. The highest BCUT2D eigenvalue weighted by molar-refractivity contribution is 6.03. The van der Waals surface area contributed by atoms with E-state index in [2.05, 4.69) is 32.2 Å². The summed E-state index contributed by atoms with van der Waals surface area (Å²) in [6.07, 6.45) is -0.122. The number of nitrogens with zero attached hydrogens (tertiary/aromatic N) is 1. The summed E-state index contributed by atoms with van der Waals surface area (Å²) < 4.78 is 31.7. The molecule has 0 spiro atoms. The zero-order valence-electron chi connectivity index (χ0n) is 18.6. The molecule has 32 heavy (non-hydrogen) atoms. The molecule has 0 saturated heterocycles. The number of anilines is 1. The Morgan fingerprint density at radius 1 is 1.22 bits per heavy atom. The van der Waals surface area contributed by atoms with Crippen LogP contribution >= 0.6 is 0 Å². The van der Waals surface area contributed by atoms with E-state index >= 15 is 0 Å². The molecule has 0 bridgehead atoms. The maximum atomic E-state index is 12.6. The first-order valence-corrected chi connectivity index (χ1v) is 10.1. The lowest BCUT2D eigenvalue weighted by molar-refractivity contribution is -0.192. The molecule has 10 heteroatoms. The molecule has 0 fully saturated rings. The minimum atomic E-state index is -5.08. The van der Waals surface area contributed by atoms with Gasteiger partial charge in [-0.15, -0.1) is 0 Å². The van der Waals surface area contributed by atoms with Crippen LogP contribution in [-0.2, 0) is 20.8 Å². The number of benzene rings is 1. The van der Waals surface area contributed by atoms with E-state index in [1.165, 1.54) is 5.56 Å². The molecule has 0 unspecified atom stereocenters. The Hall–Kier alpha value is -2.88. The van der Waals surface area contributed by atoms with Crippen molar-refractivity contribution in [1.82, 2.24) is 5.32 Å². The second-order valence-corrected chi connectivity index (χ2v) is 8.70. The fourth-order valence-electron chi connectivity index (χ4n) is 3.00. The fourth-order valence-corrected chi connectivity index (χ4v) is 3.00. The summed E-state index contributed by atoms with van der Waals surface area (Å²) in [6, 6.07) is 7.17. The van der Waals surface area contributed by atoms with E-state index in [9.17, 15) is 22.8 Å². The molecule has 178 valence electrons. The molecular formula is C22H30F3N3O4. The van der Waals surface area contributed by atoms with Gasteiger partial charge in [-0.1, -0.05) is 45.0 Å². The number of aliphatic carboxylic acids is 1. The fraction of sp³-hybridized carbons (Fsp3) is 0.500. The van der Waals surface area contributed by atoms with E-state index in [1.807, 2.05) is 18.2 Å². The van der Waals surface area contributed by atoms with Crippen LogP contribution in [0.25, 0.3) is 0 Å². The number of amides is 2. The van der Waals surface area contributed by atoms with Gasteiger partial charge in [0, 0.05) is 24.4 Å². The number of halogens is 3. The largest absolute Gasteiger partial charge is 0.490 e. The summed E-state index contributed by atoms with van der Waals surface area (Å²) in [4.78, 5) is 35.2. The summed E-state index contributed by atoms with van der Waals surface area (Å²) in [5.74, 6) is -3.02. The molecule has 2 amide bonds. The lowest BCUT2D eigenvalue weighted by Gasteiger charge is -2.25. The number of carboxylic acid groups (broad SMARTS) is 1. The Balaban J connectivity index is 0.000000633. The number of carbonyl (C=O) groups excluding carboxylic acids is 2. The van der Waals surface area contributed by atoms with E-state index in [4.69, 9.17) is 15.6 Å². The SMILES string of the molecule is C[C@H](N)C(=O)N[C@H](/C=C/C(=O)N1CCc2ccccc21)CC(C)(C)C.O=C(O)C(F)(F)F. The Kier molecular flexibility index (Phi) is 9.44. The number of para-hydroxylation sites is 1. The van der Waals surface area contributed by atoms with Gasteiger partial charge >= 0.3 is 12.1 Å². The molecule has 1 aliphatic heterocycles. The van der Waals surface area contributed by atoms with Gasteiger partial charge in [-0.2, -0.15) is 13.2 Å². The molecule has 0 radical (unpaired) electrons. The van der Waals surface area contributed by atoms with Gasteiger partial charge in [0.15, 0.2) is 0 Å². The molecule has 1 aliphatic rings. The third-order valence-corrected chi connectivity index (χ3v) is 4.44. The van der Waals surface area contributed by atoms with E-state index in [0.29, 0.717) is 6.54 Å². The smallest absolute Gasteiger partial charge is 0.475 e. The van der Waals surface area contributed by atoms with Gasteiger partial charge in [-0.05, 0) is 36.8 Å². The van der Waals surface area contributed by atoms with Crippen LogP contribution in [0, 0.1) is 5.41 Å². The standard InChI is InChI=1S/C20H29N3O2.C2HF3O2/c1-14(21)19(25)22-16(13-20(2,3)4)9-10-18(24)23-12-11-15-7-5-6-8-17(15)23;3-2(4,5)1(6)7/h5-10,14,16H,11-13,21H2,1-4H3,(H,22,25);(H,6,7)/b10-9+;/t14-,16+;/m0./s1. The molecule has 1 heterocycles. The third-order valence-electron chi connectivity index (χ3n) is 4.44. The highest BCUT2D eigenvalue weighted by Crippen LogP contribution is 2.28. The molecule has 2 atom stereocenters. The molecule has 1 aromatic rings. The summed E-state index contributed by atoms with van der Waals surface area (Å²) in [5, 5.41) is 10.0. The quantitative estimate of drug-likeness (QED) is 0.589. The van der Waals surface area contributed by atoms with E-state index in [0.717, 1.165) is 18.5 Å². The van der Waals surface area contributed by atoms with Gasteiger partial charge in [0.05, 0.1) is 6.04 Å². The minimum Gasteiger partial charge on any atom is -0.475 e. The first-order valence-electron chi connectivity index (χ1n) is 10.1. The molecule has 0 aromatic heterocycles. The second-order valence-electron chi connectivity index (χ2n) is 8.70. The van der Waals surface area contributed by atoms with Crippen molar-refractivity contribution in [2.45, 2.75) is 58.8 Å². The van der Waals surface area contributed by atoms with Gasteiger partial charge in [0.1, 0.15) is 0 Å². The van der Waals surface area contributed by atoms with Crippen molar-refractivity contribution in [3.8, 4) is 0 Å². The molecule has 7 nitrogen and oxygen atoms in total. The normalized spacial score (nSPS) is 15.4. The van der Waals surface area contributed by atoms with Gasteiger partial charge in [-0.25, -0.2) is 4.79 Å². The highest BCUT2D eigenvalue weighted by atomic mass is 19.4. The molecule has 4 N–H and O–H groups in total. The number of carboxylic acids is 1. The van der Waals surface area contributed by atoms with Crippen LogP contribution in [0.5, 0.6) is 0 Å². The van der Waals surface area contributed by atoms with E-state index in [1.54, 1.807) is 24.0 Å². The summed E-state index contributed by atoms with van der Waals surface area (Å²) in [6.45, 7) is 8.65. The van der Waals surface area contributed by atoms with Crippen LogP contribution in [-0.4, -0.2) is 47.7 Å². The average molecular weight is 457 g/mol. The Morgan fingerprint density at radius 3 is 2.28 bits per heavy atom. The van der Waals surface area contributed by atoms with Crippen molar-refractivity contribution in [1.29, 1.82) is 0 Å².